The zero-order valence-electron chi connectivity index (χ0n) is 18.4. The molecule has 1 atom stereocenters. The van der Waals surface area contributed by atoms with Crippen LogP contribution in [0.3, 0.4) is 0 Å². The van der Waals surface area contributed by atoms with Crippen LogP contribution in [0.2, 0.25) is 0 Å². The number of aryl methyl sites for hydroxylation is 2. The van der Waals surface area contributed by atoms with Crippen molar-refractivity contribution in [3.05, 3.63) is 59.9 Å². The van der Waals surface area contributed by atoms with E-state index in [1.54, 1.807) is 6.20 Å². The zero-order chi connectivity index (χ0) is 20.9. The predicted octanol–water partition coefficient (Wildman–Crippen LogP) is 4.03. The highest BCUT2D eigenvalue weighted by molar-refractivity contribution is 14.0. The summed E-state index contributed by atoms with van der Waals surface area (Å²) < 4.78 is 7.80. The van der Waals surface area contributed by atoms with Gasteiger partial charge in [0.05, 0.1) is 12.4 Å². The molecule has 4 rings (SSSR count). The quantitative estimate of drug-likeness (QED) is 0.294. The van der Waals surface area contributed by atoms with Gasteiger partial charge in [0.2, 0.25) is 5.89 Å². The third kappa shape index (κ3) is 6.09. The molecule has 0 saturated carbocycles. The Balaban J connectivity index is 0.00000272. The SMILES string of the molecule is CCNC(=NCc1ncc(-c2ccc(C)cc2)o1)N1CCC(Cc2cnn(C)c2)C1.I. The molecule has 166 valence electrons. The first-order valence-corrected chi connectivity index (χ1v) is 10.6. The average Bonchev–Trinajstić information content (AvgIpc) is 3.48. The topological polar surface area (TPSA) is 71.5 Å². The minimum atomic E-state index is 0. The number of halogens is 1. The molecule has 0 aliphatic carbocycles. The number of oxazole rings is 1. The Bertz CT molecular complexity index is 994. The lowest BCUT2D eigenvalue weighted by Crippen LogP contribution is -2.40. The fourth-order valence-electron chi connectivity index (χ4n) is 3.91. The number of benzene rings is 1. The molecule has 1 N–H and O–H groups in total. The van der Waals surface area contributed by atoms with Crippen LogP contribution >= 0.6 is 24.0 Å². The van der Waals surface area contributed by atoms with Crippen LogP contribution in [0, 0.1) is 12.8 Å². The van der Waals surface area contributed by atoms with Gasteiger partial charge in [-0.3, -0.25) is 4.68 Å². The monoisotopic (exact) mass is 534 g/mol. The number of aromatic nitrogens is 3. The maximum absolute atomic E-state index is 5.93. The van der Waals surface area contributed by atoms with Crippen LogP contribution in [0.25, 0.3) is 11.3 Å². The van der Waals surface area contributed by atoms with Gasteiger partial charge in [0.15, 0.2) is 11.7 Å². The van der Waals surface area contributed by atoms with Crippen LogP contribution in [-0.4, -0.2) is 45.3 Å². The minimum absolute atomic E-state index is 0. The van der Waals surface area contributed by atoms with Crippen molar-refractivity contribution in [2.75, 3.05) is 19.6 Å². The lowest BCUT2D eigenvalue weighted by molar-refractivity contribution is 0.455. The summed E-state index contributed by atoms with van der Waals surface area (Å²) in [6.45, 7) is 7.45. The van der Waals surface area contributed by atoms with E-state index in [1.807, 2.05) is 17.9 Å². The Kier molecular flexibility index (Phi) is 8.11. The highest BCUT2D eigenvalue weighted by atomic mass is 127. The molecule has 1 saturated heterocycles. The van der Waals surface area contributed by atoms with Crippen molar-refractivity contribution in [1.29, 1.82) is 0 Å². The molecule has 1 fully saturated rings. The van der Waals surface area contributed by atoms with Gasteiger partial charge >= 0.3 is 0 Å². The highest BCUT2D eigenvalue weighted by Gasteiger charge is 2.25. The average molecular weight is 534 g/mol. The van der Waals surface area contributed by atoms with Crippen molar-refractivity contribution in [3.8, 4) is 11.3 Å². The molecule has 1 unspecified atom stereocenters. The summed E-state index contributed by atoms with van der Waals surface area (Å²) in [6.07, 6.45) is 8.08. The van der Waals surface area contributed by atoms with E-state index in [0.717, 1.165) is 49.8 Å². The Labute approximate surface area is 201 Å². The molecule has 0 amide bonds. The summed E-state index contributed by atoms with van der Waals surface area (Å²) in [6, 6.07) is 8.27. The van der Waals surface area contributed by atoms with Crippen LogP contribution in [0.5, 0.6) is 0 Å². The van der Waals surface area contributed by atoms with Crippen LogP contribution < -0.4 is 5.32 Å². The molecule has 0 bridgehead atoms. The Morgan fingerprint density at radius 1 is 1.26 bits per heavy atom. The second kappa shape index (κ2) is 10.8. The lowest BCUT2D eigenvalue weighted by atomic mass is 10.0. The van der Waals surface area contributed by atoms with Gasteiger partial charge in [0.25, 0.3) is 0 Å². The standard InChI is InChI=1S/C23H30N6O.HI/c1-4-24-23(29-10-9-18(16-29)11-19-12-27-28(3)15-19)26-14-22-25-13-21(30-22)20-7-5-17(2)6-8-20;/h5-8,12-13,15,18H,4,9-11,14,16H2,1-3H3,(H,24,26);1H. The number of guanidine groups is 1. The van der Waals surface area contributed by atoms with Gasteiger partial charge in [-0.05, 0) is 38.2 Å². The fourth-order valence-corrected chi connectivity index (χ4v) is 3.91. The van der Waals surface area contributed by atoms with E-state index in [-0.39, 0.29) is 24.0 Å². The van der Waals surface area contributed by atoms with Crippen LogP contribution in [0.1, 0.15) is 30.4 Å². The first kappa shape index (κ1) is 23.3. The van der Waals surface area contributed by atoms with Gasteiger partial charge in [0.1, 0.15) is 6.54 Å². The molecule has 3 aromatic rings. The van der Waals surface area contributed by atoms with E-state index >= 15 is 0 Å². The molecule has 8 heteroatoms. The van der Waals surface area contributed by atoms with E-state index < -0.39 is 0 Å². The smallest absolute Gasteiger partial charge is 0.216 e. The van der Waals surface area contributed by atoms with E-state index in [0.29, 0.717) is 18.4 Å². The van der Waals surface area contributed by atoms with E-state index in [2.05, 4.69) is 64.6 Å². The second-order valence-electron chi connectivity index (χ2n) is 7.98. The largest absolute Gasteiger partial charge is 0.439 e. The molecule has 31 heavy (non-hydrogen) atoms. The van der Waals surface area contributed by atoms with Gasteiger partial charge in [-0.25, -0.2) is 9.98 Å². The Morgan fingerprint density at radius 2 is 2.06 bits per heavy atom. The van der Waals surface area contributed by atoms with Crippen LogP contribution in [0.15, 0.2) is 52.3 Å². The highest BCUT2D eigenvalue weighted by Crippen LogP contribution is 2.22. The van der Waals surface area contributed by atoms with Gasteiger partial charge in [0, 0.05) is 38.4 Å². The van der Waals surface area contributed by atoms with Crippen molar-refractivity contribution in [2.24, 2.45) is 18.0 Å². The van der Waals surface area contributed by atoms with Crippen molar-refractivity contribution in [3.63, 3.8) is 0 Å². The molecule has 1 aliphatic heterocycles. The number of nitrogens with zero attached hydrogens (tertiary/aromatic N) is 5. The van der Waals surface area contributed by atoms with Crippen molar-refractivity contribution >= 4 is 29.9 Å². The van der Waals surface area contributed by atoms with E-state index in [9.17, 15) is 0 Å². The molecule has 3 heterocycles. The molecular formula is C23H31IN6O. The maximum Gasteiger partial charge on any atom is 0.216 e. The zero-order valence-corrected chi connectivity index (χ0v) is 20.7. The predicted molar refractivity (Wildman–Crippen MR) is 133 cm³/mol. The van der Waals surface area contributed by atoms with Gasteiger partial charge in [-0.15, -0.1) is 24.0 Å². The Hall–Kier alpha value is -2.36. The molecule has 1 aromatic carbocycles. The van der Waals surface area contributed by atoms with Gasteiger partial charge in [-0.2, -0.15) is 5.10 Å². The van der Waals surface area contributed by atoms with Crippen molar-refractivity contribution in [1.82, 2.24) is 25.0 Å². The summed E-state index contributed by atoms with van der Waals surface area (Å²) in [5, 5.41) is 7.70. The Morgan fingerprint density at radius 3 is 2.77 bits per heavy atom. The van der Waals surface area contributed by atoms with Gasteiger partial charge in [-0.1, -0.05) is 29.8 Å². The van der Waals surface area contributed by atoms with Gasteiger partial charge < -0.3 is 14.6 Å². The lowest BCUT2D eigenvalue weighted by Gasteiger charge is -2.21. The third-order valence-corrected chi connectivity index (χ3v) is 5.46. The molecule has 1 aliphatic rings. The maximum atomic E-state index is 5.93. The molecule has 0 spiro atoms. The van der Waals surface area contributed by atoms with E-state index in [4.69, 9.17) is 9.41 Å². The van der Waals surface area contributed by atoms with Crippen LogP contribution in [0.4, 0.5) is 0 Å². The molecule has 2 aromatic heterocycles. The summed E-state index contributed by atoms with van der Waals surface area (Å²) >= 11 is 0. The minimum Gasteiger partial charge on any atom is -0.439 e. The summed E-state index contributed by atoms with van der Waals surface area (Å²) in [5.41, 5.74) is 3.56. The number of aliphatic imine (C=N–C) groups is 1. The normalized spacial score (nSPS) is 16.4. The van der Waals surface area contributed by atoms with Crippen LogP contribution in [-0.2, 0) is 20.0 Å². The first-order chi connectivity index (χ1) is 14.6. The number of nitrogens with one attached hydrogen (secondary N) is 1. The van der Waals surface area contributed by atoms with Crippen molar-refractivity contribution < 1.29 is 4.42 Å². The second-order valence-corrected chi connectivity index (χ2v) is 7.98. The summed E-state index contributed by atoms with van der Waals surface area (Å²) in [5.74, 6) is 2.96. The molecule has 0 radical (unpaired) electrons. The fraction of sp³-hybridized carbons (Fsp3) is 0.435. The number of hydrogen-bond donors (Lipinski definition) is 1. The number of hydrogen-bond acceptors (Lipinski definition) is 4. The van der Waals surface area contributed by atoms with E-state index in [1.165, 1.54) is 11.1 Å². The molecular weight excluding hydrogens is 503 g/mol. The summed E-state index contributed by atoms with van der Waals surface area (Å²) in [7, 11) is 1.97. The molecule has 7 nitrogen and oxygen atoms in total. The summed E-state index contributed by atoms with van der Waals surface area (Å²) in [4.78, 5) is 11.6. The number of likely N-dealkylation sites (tertiary alicyclic amines) is 1. The van der Waals surface area contributed by atoms with Crippen molar-refractivity contribution in [2.45, 2.75) is 33.2 Å². The first-order valence-electron chi connectivity index (χ1n) is 10.6. The number of rotatable bonds is 6. The third-order valence-electron chi connectivity index (χ3n) is 5.46.